The maximum atomic E-state index is 12.9. The summed E-state index contributed by atoms with van der Waals surface area (Å²) in [6.07, 6.45) is 5.69. The Balaban J connectivity index is 1.56. The van der Waals surface area contributed by atoms with Gasteiger partial charge in [-0.25, -0.2) is 9.37 Å². The smallest absolute Gasteiger partial charge is 0.260 e. The molecular weight excluding hydrogens is 337 g/mol. The molecule has 1 saturated heterocycles. The average molecular weight is 361 g/mol. The summed E-state index contributed by atoms with van der Waals surface area (Å²) in [6, 6.07) is 5.68. The van der Waals surface area contributed by atoms with Crippen molar-refractivity contribution in [2.45, 2.75) is 25.3 Å². The lowest BCUT2D eigenvalue weighted by molar-refractivity contribution is -0.134. The second-order valence-corrected chi connectivity index (χ2v) is 6.39. The normalized spacial score (nSPS) is 17.3. The minimum atomic E-state index is -0.327. The molecule has 140 valence electrons. The molecule has 0 bridgehead atoms. The minimum Gasteiger partial charge on any atom is -0.484 e. The quantitative estimate of drug-likeness (QED) is 0.760. The van der Waals surface area contributed by atoms with Crippen molar-refractivity contribution in [1.29, 1.82) is 0 Å². The van der Waals surface area contributed by atoms with E-state index in [-0.39, 0.29) is 24.2 Å². The third kappa shape index (κ3) is 4.60. The average Bonchev–Trinajstić information content (AvgIpc) is 3.14. The van der Waals surface area contributed by atoms with E-state index < -0.39 is 0 Å². The number of amides is 1. The van der Waals surface area contributed by atoms with Crippen LogP contribution in [0.1, 0.15) is 24.6 Å². The van der Waals surface area contributed by atoms with Crippen LogP contribution in [0.25, 0.3) is 0 Å². The summed E-state index contributed by atoms with van der Waals surface area (Å²) >= 11 is 0. The van der Waals surface area contributed by atoms with E-state index >= 15 is 0 Å². The van der Waals surface area contributed by atoms with E-state index in [1.165, 1.54) is 24.3 Å². The van der Waals surface area contributed by atoms with E-state index in [1.54, 1.807) is 13.3 Å². The number of hydrogen-bond acceptors (Lipinski definition) is 4. The second-order valence-electron chi connectivity index (χ2n) is 6.39. The fraction of sp³-hybridized carbons (Fsp3) is 0.474. The highest BCUT2D eigenvalue weighted by molar-refractivity contribution is 5.78. The van der Waals surface area contributed by atoms with Crippen molar-refractivity contribution in [2.75, 3.05) is 33.4 Å². The van der Waals surface area contributed by atoms with Crippen molar-refractivity contribution in [1.82, 2.24) is 14.5 Å². The summed E-state index contributed by atoms with van der Waals surface area (Å²) in [5, 5.41) is 0. The standard InChI is InChI=1S/C19H24FN3O3/c1-25-12-11-22-10-8-21-19(22)15-3-2-9-23(13-15)18(24)14-26-17-6-4-16(20)5-7-17/h4-8,10,15H,2-3,9,11-14H2,1H3. The number of carbonyl (C=O) groups excluding carboxylic acids is 1. The van der Waals surface area contributed by atoms with Gasteiger partial charge in [0.1, 0.15) is 17.4 Å². The summed E-state index contributed by atoms with van der Waals surface area (Å²) in [5.41, 5.74) is 0. The Hall–Kier alpha value is -2.41. The predicted molar refractivity (Wildman–Crippen MR) is 94.6 cm³/mol. The number of piperidine rings is 1. The zero-order chi connectivity index (χ0) is 18.4. The highest BCUT2D eigenvalue weighted by atomic mass is 19.1. The molecule has 1 atom stereocenters. The van der Waals surface area contributed by atoms with Crippen LogP contribution in [0.15, 0.2) is 36.7 Å². The number of hydrogen-bond donors (Lipinski definition) is 0. The number of aromatic nitrogens is 2. The van der Waals surface area contributed by atoms with Gasteiger partial charge in [-0.15, -0.1) is 0 Å². The van der Waals surface area contributed by atoms with Gasteiger partial charge in [0.05, 0.1) is 6.61 Å². The minimum absolute atomic E-state index is 0.0452. The van der Waals surface area contributed by atoms with Gasteiger partial charge in [-0.05, 0) is 37.1 Å². The molecule has 0 spiro atoms. The number of likely N-dealkylation sites (tertiary alicyclic amines) is 1. The molecule has 0 aliphatic carbocycles. The van der Waals surface area contributed by atoms with Gasteiger partial charge in [-0.3, -0.25) is 4.79 Å². The molecule has 1 aliphatic rings. The lowest BCUT2D eigenvalue weighted by Gasteiger charge is -2.32. The molecule has 0 N–H and O–H groups in total. The van der Waals surface area contributed by atoms with Crippen LogP contribution in [-0.2, 0) is 16.1 Å². The van der Waals surface area contributed by atoms with E-state index in [9.17, 15) is 9.18 Å². The van der Waals surface area contributed by atoms with Crippen LogP contribution in [0.3, 0.4) is 0 Å². The van der Waals surface area contributed by atoms with E-state index in [0.29, 0.717) is 18.9 Å². The lowest BCUT2D eigenvalue weighted by Crippen LogP contribution is -2.42. The van der Waals surface area contributed by atoms with Gasteiger partial charge in [0.2, 0.25) is 0 Å². The lowest BCUT2D eigenvalue weighted by atomic mass is 9.97. The Morgan fingerprint density at radius 2 is 2.15 bits per heavy atom. The molecule has 0 radical (unpaired) electrons. The molecular formula is C19H24FN3O3. The van der Waals surface area contributed by atoms with Crippen LogP contribution >= 0.6 is 0 Å². The first kappa shape index (κ1) is 18.4. The van der Waals surface area contributed by atoms with Crippen molar-refractivity contribution in [3.8, 4) is 5.75 Å². The Kier molecular flexibility index (Phi) is 6.22. The molecule has 1 aromatic heterocycles. The monoisotopic (exact) mass is 361 g/mol. The first-order valence-electron chi connectivity index (χ1n) is 8.83. The maximum absolute atomic E-state index is 12.9. The Bertz CT molecular complexity index is 717. The second kappa shape index (κ2) is 8.80. The van der Waals surface area contributed by atoms with Gasteiger partial charge < -0.3 is 18.9 Å². The third-order valence-corrected chi connectivity index (χ3v) is 4.60. The van der Waals surface area contributed by atoms with Crippen LogP contribution < -0.4 is 4.74 Å². The zero-order valence-corrected chi connectivity index (χ0v) is 14.9. The van der Waals surface area contributed by atoms with Crippen LogP contribution in [0, 0.1) is 5.82 Å². The van der Waals surface area contributed by atoms with Crippen molar-refractivity contribution < 1.29 is 18.7 Å². The van der Waals surface area contributed by atoms with Crippen LogP contribution in [-0.4, -0.2) is 53.8 Å². The molecule has 6 nitrogen and oxygen atoms in total. The van der Waals surface area contributed by atoms with Crippen molar-refractivity contribution in [3.63, 3.8) is 0 Å². The molecule has 1 unspecified atom stereocenters. The number of nitrogens with zero attached hydrogens (tertiary/aromatic N) is 3. The topological polar surface area (TPSA) is 56.6 Å². The molecule has 2 aromatic rings. The van der Waals surface area contributed by atoms with E-state index in [0.717, 1.165) is 31.8 Å². The molecule has 1 aliphatic heterocycles. The first-order chi connectivity index (χ1) is 12.7. The van der Waals surface area contributed by atoms with Crippen molar-refractivity contribution in [2.24, 2.45) is 0 Å². The summed E-state index contributed by atoms with van der Waals surface area (Å²) in [6.45, 7) is 2.70. The van der Waals surface area contributed by atoms with Gasteiger partial charge in [0.25, 0.3) is 5.91 Å². The van der Waals surface area contributed by atoms with Gasteiger partial charge in [-0.1, -0.05) is 0 Å². The fourth-order valence-electron chi connectivity index (χ4n) is 3.24. The zero-order valence-electron chi connectivity index (χ0n) is 14.9. The van der Waals surface area contributed by atoms with Crippen LogP contribution in [0.4, 0.5) is 4.39 Å². The number of imidazole rings is 1. The van der Waals surface area contributed by atoms with Crippen LogP contribution in [0.2, 0.25) is 0 Å². The molecule has 26 heavy (non-hydrogen) atoms. The number of ether oxygens (including phenoxy) is 2. The number of benzene rings is 1. The number of rotatable bonds is 7. The summed E-state index contributed by atoms with van der Waals surface area (Å²) in [4.78, 5) is 18.8. The third-order valence-electron chi connectivity index (χ3n) is 4.60. The van der Waals surface area contributed by atoms with Crippen LogP contribution in [0.5, 0.6) is 5.75 Å². The van der Waals surface area contributed by atoms with Crippen molar-refractivity contribution in [3.05, 3.63) is 48.3 Å². The molecule has 1 amide bonds. The molecule has 1 aromatic carbocycles. The molecule has 3 rings (SSSR count). The highest BCUT2D eigenvalue weighted by Crippen LogP contribution is 2.26. The number of carbonyl (C=O) groups is 1. The predicted octanol–water partition coefficient (Wildman–Crippen LogP) is 2.45. The van der Waals surface area contributed by atoms with Crippen molar-refractivity contribution >= 4 is 5.91 Å². The highest BCUT2D eigenvalue weighted by Gasteiger charge is 2.27. The van der Waals surface area contributed by atoms with Gasteiger partial charge >= 0.3 is 0 Å². The van der Waals surface area contributed by atoms with E-state index in [2.05, 4.69) is 9.55 Å². The summed E-state index contributed by atoms with van der Waals surface area (Å²) < 4.78 is 25.6. The Morgan fingerprint density at radius 1 is 1.35 bits per heavy atom. The summed E-state index contributed by atoms with van der Waals surface area (Å²) in [7, 11) is 1.68. The number of methoxy groups -OCH3 is 1. The molecule has 0 saturated carbocycles. The van der Waals surface area contributed by atoms with E-state index in [4.69, 9.17) is 9.47 Å². The largest absolute Gasteiger partial charge is 0.484 e. The SMILES string of the molecule is COCCn1ccnc1C1CCCN(C(=O)COc2ccc(F)cc2)C1. The number of halogens is 1. The van der Waals surface area contributed by atoms with E-state index in [1.807, 2.05) is 11.1 Å². The van der Waals surface area contributed by atoms with Gasteiger partial charge in [0.15, 0.2) is 6.61 Å². The molecule has 7 heteroatoms. The maximum Gasteiger partial charge on any atom is 0.260 e. The summed E-state index contributed by atoms with van der Waals surface area (Å²) in [5.74, 6) is 1.31. The Labute approximate surface area is 152 Å². The molecule has 2 heterocycles. The first-order valence-corrected chi connectivity index (χ1v) is 8.83. The fourth-order valence-corrected chi connectivity index (χ4v) is 3.24. The van der Waals surface area contributed by atoms with Gasteiger partial charge in [0, 0.05) is 45.1 Å². The van der Waals surface area contributed by atoms with Gasteiger partial charge in [-0.2, -0.15) is 0 Å². The Morgan fingerprint density at radius 3 is 2.92 bits per heavy atom. The molecule has 1 fully saturated rings.